The highest BCUT2D eigenvalue weighted by Gasteiger charge is 2.35. The summed E-state index contributed by atoms with van der Waals surface area (Å²) in [5.41, 5.74) is 1.21. The van der Waals surface area contributed by atoms with Gasteiger partial charge in [0.25, 0.3) is 0 Å². The van der Waals surface area contributed by atoms with Gasteiger partial charge in [0, 0.05) is 18.7 Å². The summed E-state index contributed by atoms with van der Waals surface area (Å²) >= 11 is 0. The third-order valence-corrected chi connectivity index (χ3v) is 4.32. The van der Waals surface area contributed by atoms with Crippen LogP contribution in [-0.2, 0) is 0 Å². The SMILES string of the molecule is CC(C)(CCCO)[C@H]1CC[C@@H](c2cccc(F)c2)N1. The third kappa shape index (κ3) is 3.54. The van der Waals surface area contributed by atoms with E-state index in [9.17, 15) is 4.39 Å². The summed E-state index contributed by atoms with van der Waals surface area (Å²) in [6, 6.07) is 7.57. The number of aliphatic hydroxyl groups is 1. The number of nitrogens with one attached hydrogen (secondary N) is 1. The molecule has 1 heterocycles. The Morgan fingerprint density at radius 2 is 2.16 bits per heavy atom. The molecule has 2 N–H and O–H groups in total. The first kappa shape index (κ1) is 14.5. The van der Waals surface area contributed by atoms with Gasteiger partial charge in [-0.1, -0.05) is 26.0 Å². The lowest BCUT2D eigenvalue weighted by Gasteiger charge is -2.32. The van der Waals surface area contributed by atoms with Gasteiger partial charge in [-0.15, -0.1) is 0 Å². The van der Waals surface area contributed by atoms with Crippen LogP contribution in [-0.4, -0.2) is 17.8 Å². The van der Waals surface area contributed by atoms with Gasteiger partial charge in [-0.3, -0.25) is 0 Å². The molecule has 0 spiro atoms. The maximum atomic E-state index is 13.3. The standard InChI is InChI=1S/C16H24FNO/c1-16(2,9-4-10-19)15-8-7-14(18-15)12-5-3-6-13(17)11-12/h3,5-6,11,14-15,18-19H,4,7-10H2,1-2H3/t14-,15+/m0/s1. The minimum Gasteiger partial charge on any atom is -0.396 e. The minimum atomic E-state index is -0.165. The van der Waals surface area contributed by atoms with Gasteiger partial charge in [0.2, 0.25) is 0 Å². The normalized spacial score (nSPS) is 23.8. The van der Waals surface area contributed by atoms with E-state index in [1.807, 2.05) is 6.07 Å². The Hall–Kier alpha value is -0.930. The van der Waals surface area contributed by atoms with Gasteiger partial charge in [-0.25, -0.2) is 4.39 Å². The Balaban J connectivity index is 1.99. The molecule has 0 unspecified atom stereocenters. The Labute approximate surface area is 115 Å². The summed E-state index contributed by atoms with van der Waals surface area (Å²) < 4.78 is 13.3. The monoisotopic (exact) mass is 265 g/mol. The molecule has 3 heteroatoms. The first-order chi connectivity index (χ1) is 9.03. The summed E-state index contributed by atoms with van der Waals surface area (Å²) in [5.74, 6) is -0.165. The van der Waals surface area contributed by atoms with Crippen molar-refractivity contribution in [1.29, 1.82) is 0 Å². The van der Waals surface area contributed by atoms with E-state index in [0.717, 1.165) is 31.2 Å². The second-order valence-corrected chi connectivity index (χ2v) is 6.22. The molecule has 106 valence electrons. The first-order valence-corrected chi connectivity index (χ1v) is 7.15. The molecule has 0 amide bonds. The fourth-order valence-corrected chi connectivity index (χ4v) is 3.05. The zero-order valence-corrected chi connectivity index (χ0v) is 11.8. The van der Waals surface area contributed by atoms with E-state index in [0.29, 0.717) is 6.04 Å². The zero-order valence-electron chi connectivity index (χ0n) is 11.8. The molecular weight excluding hydrogens is 241 g/mol. The lowest BCUT2D eigenvalue weighted by molar-refractivity contribution is 0.199. The van der Waals surface area contributed by atoms with Crippen molar-refractivity contribution in [2.24, 2.45) is 5.41 Å². The number of benzene rings is 1. The van der Waals surface area contributed by atoms with Gasteiger partial charge in [0.15, 0.2) is 0 Å². The Bertz CT molecular complexity index is 419. The molecule has 0 saturated carbocycles. The number of halogens is 1. The van der Waals surface area contributed by atoms with Crippen LogP contribution in [0.15, 0.2) is 24.3 Å². The van der Waals surface area contributed by atoms with Crippen molar-refractivity contribution in [3.63, 3.8) is 0 Å². The second kappa shape index (κ2) is 6.02. The van der Waals surface area contributed by atoms with Gasteiger partial charge in [0.05, 0.1) is 0 Å². The van der Waals surface area contributed by atoms with E-state index in [2.05, 4.69) is 19.2 Å². The fraction of sp³-hybridized carbons (Fsp3) is 0.625. The van der Waals surface area contributed by atoms with Crippen LogP contribution in [0.5, 0.6) is 0 Å². The van der Waals surface area contributed by atoms with E-state index in [4.69, 9.17) is 5.11 Å². The molecule has 0 bridgehead atoms. The Morgan fingerprint density at radius 1 is 1.37 bits per heavy atom. The molecule has 1 aliphatic rings. The van der Waals surface area contributed by atoms with E-state index in [1.54, 1.807) is 12.1 Å². The quantitative estimate of drug-likeness (QED) is 0.855. The summed E-state index contributed by atoms with van der Waals surface area (Å²) in [6.07, 6.45) is 4.02. The predicted octanol–water partition coefficient (Wildman–Crippen LogP) is 3.42. The average Bonchev–Trinajstić information content (AvgIpc) is 2.87. The van der Waals surface area contributed by atoms with Crippen molar-refractivity contribution in [3.8, 4) is 0 Å². The van der Waals surface area contributed by atoms with Crippen LogP contribution in [0.2, 0.25) is 0 Å². The molecule has 0 aromatic heterocycles. The predicted molar refractivity (Wildman–Crippen MR) is 75.4 cm³/mol. The van der Waals surface area contributed by atoms with Crippen molar-refractivity contribution in [3.05, 3.63) is 35.6 Å². The van der Waals surface area contributed by atoms with Gasteiger partial charge in [-0.05, 0) is 48.8 Å². The number of aliphatic hydroxyl groups excluding tert-OH is 1. The van der Waals surface area contributed by atoms with Crippen LogP contribution < -0.4 is 5.32 Å². The molecule has 2 nitrogen and oxygen atoms in total. The highest BCUT2D eigenvalue weighted by atomic mass is 19.1. The molecule has 2 atom stereocenters. The van der Waals surface area contributed by atoms with Crippen LogP contribution in [0.1, 0.15) is 51.1 Å². The zero-order chi connectivity index (χ0) is 13.9. The maximum Gasteiger partial charge on any atom is 0.123 e. The number of rotatable bonds is 5. The van der Waals surface area contributed by atoms with Crippen LogP contribution in [0.4, 0.5) is 4.39 Å². The smallest absolute Gasteiger partial charge is 0.123 e. The largest absolute Gasteiger partial charge is 0.396 e. The molecule has 0 radical (unpaired) electrons. The van der Waals surface area contributed by atoms with E-state index < -0.39 is 0 Å². The average molecular weight is 265 g/mol. The summed E-state index contributed by atoms with van der Waals surface area (Å²) in [7, 11) is 0. The molecule has 1 saturated heterocycles. The highest BCUT2D eigenvalue weighted by molar-refractivity contribution is 5.21. The second-order valence-electron chi connectivity index (χ2n) is 6.22. The fourth-order valence-electron chi connectivity index (χ4n) is 3.05. The molecule has 1 aliphatic heterocycles. The van der Waals surface area contributed by atoms with Crippen molar-refractivity contribution in [1.82, 2.24) is 5.32 Å². The molecule has 19 heavy (non-hydrogen) atoms. The summed E-state index contributed by atoms with van der Waals surface area (Å²) in [4.78, 5) is 0. The number of hydrogen-bond acceptors (Lipinski definition) is 2. The Morgan fingerprint density at radius 3 is 2.84 bits per heavy atom. The minimum absolute atomic E-state index is 0.165. The molecule has 2 rings (SSSR count). The summed E-state index contributed by atoms with van der Waals surface area (Å²) in [6.45, 7) is 4.74. The third-order valence-electron chi connectivity index (χ3n) is 4.32. The lowest BCUT2D eigenvalue weighted by atomic mass is 9.79. The maximum absolute atomic E-state index is 13.3. The lowest BCUT2D eigenvalue weighted by Crippen LogP contribution is -2.38. The summed E-state index contributed by atoms with van der Waals surface area (Å²) in [5, 5.41) is 12.6. The highest BCUT2D eigenvalue weighted by Crippen LogP contribution is 2.37. The van der Waals surface area contributed by atoms with Crippen molar-refractivity contribution in [2.45, 2.75) is 51.6 Å². The van der Waals surface area contributed by atoms with Crippen LogP contribution in [0.3, 0.4) is 0 Å². The van der Waals surface area contributed by atoms with Gasteiger partial charge in [0.1, 0.15) is 5.82 Å². The molecular formula is C16H24FNO. The molecule has 0 aliphatic carbocycles. The van der Waals surface area contributed by atoms with E-state index in [1.165, 1.54) is 6.07 Å². The molecule has 1 aromatic rings. The van der Waals surface area contributed by atoms with Crippen molar-refractivity contribution < 1.29 is 9.50 Å². The van der Waals surface area contributed by atoms with Crippen LogP contribution in [0, 0.1) is 11.2 Å². The van der Waals surface area contributed by atoms with Crippen molar-refractivity contribution in [2.75, 3.05) is 6.61 Å². The van der Waals surface area contributed by atoms with Gasteiger partial charge < -0.3 is 10.4 Å². The van der Waals surface area contributed by atoms with Gasteiger partial charge in [-0.2, -0.15) is 0 Å². The van der Waals surface area contributed by atoms with Crippen LogP contribution >= 0.6 is 0 Å². The topological polar surface area (TPSA) is 32.3 Å². The van der Waals surface area contributed by atoms with E-state index >= 15 is 0 Å². The molecule has 1 fully saturated rings. The van der Waals surface area contributed by atoms with Crippen LogP contribution in [0.25, 0.3) is 0 Å². The first-order valence-electron chi connectivity index (χ1n) is 7.15. The molecule has 1 aromatic carbocycles. The number of hydrogen-bond donors (Lipinski definition) is 2. The van der Waals surface area contributed by atoms with Crippen molar-refractivity contribution >= 4 is 0 Å². The van der Waals surface area contributed by atoms with Gasteiger partial charge >= 0.3 is 0 Å². The Kier molecular flexibility index (Phi) is 4.58. The van der Waals surface area contributed by atoms with E-state index in [-0.39, 0.29) is 23.9 Å².